The summed E-state index contributed by atoms with van der Waals surface area (Å²) in [5.41, 5.74) is 2.44. The summed E-state index contributed by atoms with van der Waals surface area (Å²) in [6.45, 7) is 3.67. The van der Waals surface area contributed by atoms with Gasteiger partial charge in [-0.05, 0) is 56.7 Å². The Morgan fingerprint density at radius 1 is 1.16 bits per heavy atom. The minimum absolute atomic E-state index is 0.0197. The summed E-state index contributed by atoms with van der Waals surface area (Å²) in [4.78, 5) is 11.4. The number of alkyl halides is 3. The Bertz CT molecular complexity index is 1130. The number of nitrogens with one attached hydrogen (secondary N) is 1. The maximum Gasteiger partial charge on any atom is 0.392 e. The van der Waals surface area contributed by atoms with Crippen molar-refractivity contribution in [2.75, 3.05) is 23.3 Å². The summed E-state index contributed by atoms with van der Waals surface area (Å²) in [5, 5.41) is 8.95. The third kappa shape index (κ3) is 4.30. The molecular formula is C21H24F3N7S. The molecule has 32 heavy (non-hydrogen) atoms. The Morgan fingerprint density at radius 3 is 2.62 bits per heavy atom. The van der Waals surface area contributed by atoms with E-state index >= 15 is 0 Å². The molecule has 1 saturated heterocycles. The van der Waals surface area contributed by atoms with E-state index in [1.807, 2.05) is 25.3 Å². The Balaban J connectivity index is 1.27. The van der Waals surface area contributed by atoms with Crippen molar-refractivity contribution >= 4 is 33.8 Å². The van der Waals surface area contributed by atoms with Crippen LogP contribution < -0.4 is 10.2 Å². The van der Waals surface area contributed by atoms with E-state index in [0.29, 0.717) is 18.0 Å². The van der Waals surface area contributed by atoms with Gasteiger partial charge in [-0.2, -0.15) is 22.5 Å². The SMILES string of the molecule is Cc1nsc(N2CCC(Nc3nc4c(C5=CCC(C(F)(F)F)CC5)cccn4n3)CC2)n1. The molecule has 0 bridgehead atoms. The monoisotopic (exact) mass is 463 g/mol. The lowest BCUT2D eigenvalue weighted by atomic mass is 9.86. The predicted molar refractivity (Wildman–Crippen MR) is 118 cm³/mol. The Kier molecular flexibility index (Phi) is 5.52. The summed E-state index contributed by atoms with van der Waals surface area (Å²) < 4.78 is 45.0. The van der Waals surface area contributed by atoms with E-state index in [1.165, 1.54) is 11.5 Å². The molecule has 11 heteroatoms. The fourth-order valence-electron chi connectivity index (χ4n) is 4.41. The van der Waals surface area contributed by atoms with Gasteiger partial charge in [-0.15, -0.1) is 5.10 Å². The number of aryl methyl sites for hydroxylation is 1. The second-order valence-corrected chi connectivity index (χ2v) is 9.13. The number of pyridine rings is 1. The third-order valence-electron chi connectivity index (χ3n) is 6.20. The molecule has 3 aromatic heterocycles. The smallest absolute Gasteiger partial charge is 0.350 e. The van der Waals surface area contributed by atoms with Crippen LogP contribution in [0, 0.1) is 12.8 Å². The molecule has 1 aliphatic carbocycles. The first-order chi connectivity index (χ1) is 15.4. The normalized spacial score (nSPS) is 20.6. The predicted octanol–water partition coefficient (Wildman–Crippen LogP) is 4.72. The van der Waals surface area contributed by atoms with Crippen LogP contribution in [0.25, 0.3) is 11.2 Å². The highest BCUT2D eigenvalue weighted by Crippen LogP contribution is 2.40. The maximum atomic E-state index is 13.0. The van der Waals surface area contributed by atoms with Crippen LogP contribution in [0.2, 0.25) is 0 Å². The van der Waals surface area contributed by atoms with Crippen molar-refractivity contribution in [3.8, 4) is 0 Å². The van der Waals surface area contributed by atoms with Crippen LogP contribution >= 0.6 is 11.5 Å². The third-order valence-corrected chi connectivity index (χ3v) is 7.07. The Morgan fingerprint density at radius 2 is 1.97 bits per heavy atom. The number of aromatic nitrogens is 5. The van der Waals surface area contributed by atoms with Gasteiger partial charge in [0.05, 0.1) is 5.92 Å². The van der Waals surface area contributed by atoms with Crippen molar-refractivity contribution in [2.24, 2.45) is 5.92 Å². The lowest BCUT2D eigenvalue weighted by Gasteiger charge is -2.31. The topological polar surface area (TPSA) is 71.2 Å². The van der Waals surface area contributed by atoms with Gasteiger partial charge < -0.3 is 10.2 Å². The first-order valence-electron chi connectivity index (χ1n) is 10.8. The average Bonchev–Trinajstić information content (AvgIpc) is 3.39. The first kappa shape index (κ1) is 21.2. The van der Waals surface area contributed by atoms with Crippen LogP contribution in [0.3, 0.4) is 0 Å². The molecule has 4 heterocycles. The number of hydrogen-bond donors (Lipinski definition) is 1. The molecule has 0 spiro atoms. The van der Waals surface area contributed by atoms with E-state index in [4.69, 9.17) is 0 Å². The fraction of sp³-hybridized carbons (Fsp3) is 0.524. The molecule has 1 atom stereocenters. The van der Waals surface area contributed by atoms with Gasteiger partial charge in [-0.3, -0.25) is 0 Å². The average molecular weight is 464 g/mol. The summed E-state index contributed by atoms with van der Waals surface area (Å²) in [7, 11) is 0. The molecule has 0 amide bonds. The number of allylic oxidation sites excluding steroid dienone is 2. The van der Waals surface area contributed by atoms with E-state index in [9.17, 15) is 13.2 Å². The minimum atomic E-state index is -4.13. The van der Waals surface area contributed by atoms with Gasteiger partial charge in [-0.25, -0.2) is 9.50 Å². The van der Waals surface area contributed by atoms with E-state index in [0.717, 1.165) is 48.0 Å². The molecular weight excluding hydrogens is 439 g/mol. The summed E-state index contributed by atoms with van der Waals surface area (Å²) in [5.74, 6) is 0.0974. The van der Waals surface area contributed by atoms with Crippen LogP contribution in [0.5, 0.6) is 0 Å². The van der Waals surface area contributed by atoms with Crippen molar-refractivity contribution < 1.29 is 13.2 Å². The van der Waals surface area contributed by atoms with Gasteiger partial charge in [0.25, 0.3) is 0 Å². The van der Waals surface area contributed by atoms with E-state index in [2.05, 4.69) is 29.7 Å². The summed E-state index contributed by atoms with van der Waals surface area (Å²) in [6.07, 6.45) is 1.79. The van der Waals surface area contributed by atoms with Crippen LogP contribution in [-0.2, 0) is 0 Å². The molecule has 5 rings (SSSR count). The second kappa shape index (κ2) is 8.34. The van der Waals surface area contributed by atoms with E-state index in [-0.39, 0.29) is 18.9 Å². The zero-order valence-corrected chi connectivity index (χ0v) is 18.5. The number of anilines is 2. The van der Waals surface area contributed by atoms with Crippen molar-refractivity contribution in [1.29, 1.82) is 0 Å². The number of halogens is 3. The molecule has 0 saturated carbocycles. The van der Waals surface area contributed by atoms with Gasteiger partial charge in [-0.1, -0.05) is 6.08 Å². The number of nitrogens with zero attached hydrogens (tertiary/aromatic N) is 6. The van der Waals surface area contributed by atoms with Crippen LogP contribution in [0.4, 0.5) is 24.3 Å². The van der Waals surface area contributed by atoms with Crippen LogP contribution in [-0.4, -0.2) is 49.3 Å². The van der Waals surface area contributed by atoms with Gasteiger partial charge in [0, 0.05) is 42.4 Å². The molecule has 0 aromatic carbocycles. The summed E-state index contributed by atoms with van der Waals surface area (Å²) in [6, 6.07) is 4.03. The van der Waals surface area contributed by atoms with Gasteiger partial charge in [0.2, 0.25) is 11.1 Å². The number of hydrogen-bond acceptors (Lipinski definition) is 7. The fourth-order valence-corrected chi connectivity index (χ4v) is 5.13. The van der Waals surface area contributed by atoms with Crippen molar-refractivity contribution in [3.63, 3.8) is 0 Å². The molecule has 3 aromatic rings. The van der Waals surface area contributed by atoms with Gasteiger partial charge >= 0.3 is 6.18 Å². The highest BCUT2D eigenvalue weighted by atomic mass is 32.1. The lowest BCUT2D eigenvalue weighted by molar-refractivity contribution is -0.175. The molecule has 1 aliphatic heterocycles. The molecule has 170 valence electrons. The molecule has 7 nitrogen and oxygen atoms in total. The van der Waals surface area contributed by atoms with Gasteiger partial charge in [0.1, 0.15) is 5.82 Å². The molecule has 0 radical (unpaired) electrons. The van der Waals surface area contributed by atoms with E-state index in [1.54, 1.807) is 10.6 Å². The van der Waals surface area contributed by atoms with Crippen LogP contribution in [0.1, 0.15) is 43.5 Å². The molecule has 1 N–H and O–H groups in total. The standard InChI is InChI=1S/C21H24F3N7S/c1-13-25-20(32-29-13)30-11-8-16(9-12-30)26-19-27-18-17(3-2-10-31(18)28-19)14-4-6-15(7-5-14)21(22,23)24/h2-4,10,15-16H,5-9,11-12H2,1H3,(H,26,28). The molecule has 2 aliphatic rings. The van der Waals surface area contributed by atoms with Gasteiger partial charge in [0.15, 0.2) is 5.65 Å². The van der Waals surface area contributed by atoms with Crippen molar-refractivity contribution in [3.05, 3.63) is 35.8 Å². The van der Waals surface area contributed by atoms with Crippen LogP contribution in [0.15, 0.2) is 24.4 Å². The molecule has 1 unspecified atom stereocenters. The number of fused-ring (bicyclic) bond motifs is 1. The zero-order chi connectivity index (χ0) is 22.3. The maximum absolute atomic E-state index is 13.0. The number of rotatable bonds is 4. The lowest BCUT2D eigenvalue weighted by Crippen LogP contribution is -2.39. The summed E-state index contributed by atoms with van der Waals surface area (Å²) >= 11 is 1.43. The molecule has 1 fully saturated rings. The highest BCUT2D eigenvalue weighted by Gasteiger charge is 2.39. The number of piperidine rings is 1. The Hall–Kier alpha value is -2.69. The second-order valence-electron chi connectivity index (χ2n) is 8.40. The minimum Gasteiger partial charge on any atom is -0.350 e. The van der Waals surface area contributed by atoms with E-state index < -0.39 is 12.1 Å². The largest absolute Gasteiger partial charge is 0.392 e. The Labute approximate surface area is 187 Å². The van der Waals surface area contributed by atoms with Crippen molar-refractivity contribution in [2.45, 2.75) is 51.2 Å². The quantitative estimate of drug-likeness (QED) is 0.604. The zero-order valence-electron chi connectivity index (χ0n) is 17.6. The first-order valence-corrected chi connectivity index (χ1v) is 11.6. The van der Waals surface area contributed by atoms with Crippen molar-refractivity contribution in [1.82, 2.24) is 24.0 Å². The highest BCUT2D eigenvalue weighted by molar-refractivity contribution is 7.09.